The van der Waals surface area contributed by atoms with Crippen molar-refractivity contribution in [3.05, 3.63) is 20.8 Å². The molecule has 2 rings (SSSR count). The van der Waals surface area contributed by atoms with Crippen LogP contribution in [0.3, 0.4) is 0 Å². The lowest BCUT2D eigenvalue weighted by Crippen LogP contribution is -2.43. The first-order valence-electron chi connectivity index (χ1n) is 6.15. The third-order valence-electron chi connectivity index (χ3n) is 3.60. The van der Waals surface area contributed by atoms with E-state index >= 15 is 0 Å². The monoisotopic (exact) mass is 315 g/mol. The number of carbonyl (C=O) groups is 1. The molecular weight excluding hydrogens is 298 g/mol. The van der Waals surface area contributed by atoms with E-state index in [1.165, 1.54) is 4.88 Å². The average Bonchev–Trinajstić information content (AvgIpc) is 2.74. The Balaban J connectivity index is 2.05. The van der Waals surface area contributed by atoms with Crippen LogP contribution in [0, 0.1) is 0 Å². The van der Waals surface area contributed by atoms with Gasteiger partial charge in [0.15, 0.2) is 0 Å². The molecule has 0 aliphatic carbocycles. The van der Waals surface area contributed by atoms with Gasteiger partial charge in [0.1, 0.15) is 0 Å². The van der Waals surface area contributed by atoms with Gasteiger partial charge in [0.25, 0.3) is 0 Å². The number of amides is 1. The molecule has 1 saturated heterocycles. The van der Waals surface area contributed by atoms with Gasteiger partial charge in [-0.3, -0.25) is 4.79 Å². The maximum absolute atomic E-state index is 12.1. The number of likely N-dealkylation sites (tertiary alicyclic amines) is 1. The van der Waals surface area contributed by atoms with Crippen molar-refractivity contribution < 1.29 is 4.79 Å². The number of carbonyl (C=O) groups excluding carboxylic acids is 1. The molecule has 2 atom stereocenters. The van der Waals surface area contributed by atoms with Gasteiger partial charge < -0.3 is 4.90 Å². The average molecular weight is 316 g/mol. The second-order valence-electron chi connectivity index (χ2n) is 4.67. The third kappa shape index (κ3) is 2.74. The van der Waals surface area contributed by atoms with E-state index in [9.17, 15) is 4.79 Å². The summed E-state index contributed by atoms with van der Waals surface area (Å²) in [5.74, 6) is 0.730. The molecule has 17 heavy (non-hydrogen) atoms. The van der Waals surface area contributed by atoms with Crippen molar-refractivity contribution in [3.8, 4) is 0 Å². The van der Waals surface area contributed by atoms with E-state index < -0.39 is 0 Å². The first kappa shape index (κ1) is 13.1. The molecular formula is C13H18BrNOS. The highest BCUT2D eigenvalue weighted by atomic mass is 79.9. The molecule has 1 aromatic heterocycles. The number of piperidine rings is 1. The van der Waals surface area contributed by atoms with Crippen LogP contribution < -0.4 is 0 Å². The Morgan fingerprint density at radius 3 is 2.94 bits per heavy atom. The topological polar surface area (TPSA) is 20.3 Å². The summed E-state index contributed by atoms with van der Waals surface area (Å²) in [6.07, 6.45) is 2.80. The molecule has 0 saturated carbocycles. The Bertz CT molecular complexity index is 404. The SMILES string of the molecule is CCC(C)N1CCC(c2sccc2Br)CC1=O. The van der Waals surface area contributed by atoms with Crippen LogP contribution in [-0.4, -0.2) is 23.4 Å². The molecule has 1 aliphatic rings. The standard InChI is InChI=1S/C13H18BrNOS/c1-3-9(2)15-6-4-10(8-12(15)16)13-11(14)5-7-17-13/h5,7,9-10H,3-4,6,8H2,1-2H3. The highest BCUT2D eigenvalue weighted by Gasteiger charge is 2.30. The molecule has 0 bridgehead atoms. The van der Waals surface area contributed by atoms with Crippen LogP contribution in [0.15, 0.2) is 15.9 Å². The molecule has 4 heteroatoms. The van der Waals surface area contributed by atoms with Crippen LogP contribution in [0.1, 0.15) is 43.9 Å². The maximum Gasteiger partial charge on any atom is 0.223 e. The zero-order valence-corrected chi connectivity index (χ0v) is 12.7. The smallest absolute Gasteiger partial charge is 0.223 e. The second-order valence-corrected chi connectivity index (χ2v) is 6.47. The summed E-state index contributed by atoms with van der Waals surface area (Å²) in [6.45, 7) is 5.18. The quantitative estimate of drug-likeness (QED) is 0.825. The fourth-order valence-corrected chi connectivity index (χ4v) is 4.19. The molecule has 0 N–H and O–H groups in total. The van der Waals surface area contributed by atoms with E-state index in [4.69, 9.17) is 0 Å². The number of hydrogen-bond acceptors (Lipinski definition) is 2. The largest absolute Gasteiger partial charge is 0.340 e. The first-order chi connectivity index (χ1) is 8.13. The first-order valence-corrected chi connectivity index (χ1v) is 7.83. The van der Waals surface area contributed by atoms with E-state index in [-0.39, 0.29) is 0 Å². The van der Waals surface area contributed by atoms with Gasteiger partial charge in [-0.1, -0.05) is 6.92 Å². The van der Waals surface area contributed by atoms with Gasteiger partial charge in [-0.25, -0.2) is 0 Å². The highest BCUT2D eigenvalue weighted by Crippen LogP contribution is 2.37. The summed E-state index contributed by atoms with van der Waals surface area (Å²) in [4.78, 5) is 15.5. The molecule has 1 amide bonds. The van der Waals surface area contributed by atoms with Gasteiger partial charge in [0.2, 0.25) is 5.91 Å². The van der Waals surface area contributed by atoms with Crippen LogP contribution >= 0.6 is 27.3 Å². The second kappa shape index (κ2) is 5.53. The minimum Gasteiger partial charge on any atom is -0.340 e. The zero-order chi connectivity index (χ0) is 12.4. The lowest BCUT2D eigenvalue weighted by Gasteiger charge is -2.35. The molecule has 0 radical (unpaired) electrons. The summed E-state index contributed by atoms with van der Waals surface area (Å²) in [5, 5.41) is 2.09. The number of halogens is 1. The van der Waals surface area contributed by atoms with Crippen LogP contribution in [0.25, 0.3) is 0 Å². The van der Waals surface area contributed by atoms with Crippen molar-refractivity contribution >= 4 is 33.2 Å². The summed E-state index contributed by atoms with van der Waals surface area (Å²) >= 11 is 5.32. The molecule has 0 spiro atoms. The van der Waals surface area contributed by atoms with Gasteiger partial charge in [0, 0.05) is 34.3 Å². The van der Waals surface area contributed by atoms with E-state index in [0.29, 0.717) is 24.3 Å². The van der Waals surface area contributed by atoms with E-state index in [1.807, 2.05) is 4.90 Å². The summed E-state index contributed by atoms with van der Waals surface area (Å²) in [6, 6.07) is 2.46. The molecule has 1 aliphatic heterocycles. The summed E-state index contributed by atoms with van der Waals surface area (Å²) in [7, 11) is 0. The van der Waals surface area contributed by atoms with E-state index in [1.54, 1.807) is 11.3 Å². The Kier molecular flexibility index (Phi) is 4.26. The van der Waals surface area contributed by atoms with Crippen molar-refractivity contribution in [2.75, 3.05) is 6.54 Å². The van der Waals surface area contributed by atoms with Crippen LogP contribution in [0.2, 0.25) is 0 Å². The summed E-state index contributed by atoms with van der Waals surface area (Å²) < 4.78 is 1.16. The molecule has 2 heterocycles. The van der Waals surface area contributed by atoms with Crippen molar-refractivity contribution in [3.63, 3.8) is 0 Å². The number of hydrogen-bond donors (Lipinski definition) is 0. The fraction of sp³-hybridized carbons (Fsp3) is 0.615. The maximum atomic E-state index is 12.1. The van der Waals surface area contributed by atoms with Crippen molar-refractivity contribution in [2.24, 2.45) is 0 Å². The normalized spacial score (nSPS) is 22.9. The molecule has 1 fully saturated rings. The molecule has 2 nitrogen and oxygen atoms in total. The zero-order valence-electron chi connectivity index (χ0n) is 10.3. The van der Waals surface area contributed by atoms with Crippen molar-refractivity contribution in [2.45, 2.75) is 45.1 Å². The van der Waals surface area contributed by atoms with Gasteiger partial charge in [-0.2, -0.15) is 0 Å². The van der Waals surface area contributed by atoms with Crippen molar-refractivity contribution in [1.82, 2.24) is 4.90 Å². The predicted octanol–water partition coefficient (Wildman–Crippen LogP) is 4.02. The highest BCUT2D eigenvalue weighted by molar-refractivity contribution is 9.10. The lowest BCUT2D eigenvalue weighted by atomic mass is 9.93. The molecule has 0 aromatic carbocycles. The predicted molar refractivity (Wildman–Crippen MR) is 75.5 cm³/mol. The molecule has 2 unspecified atom stereocenters. The Morgan fingerprint density at radius 1 is 1.65 bits per heavy atom. The Labute approximate surface area is 115 Å². The third-order valence-corrected chi connectivity index (χ3v) is 5.63. The van der Waals surface area contributed by atoms with Crippen molar-refractivity contribution in [1.29, 1.82) is 0 Å². The Hall–Kier alpha value is -0.350. The van der Waals surface area contributed by atoms with Crippen LogP contribution in [0.5, 0.6) is 0 Å². The Morgan fingerprint density at radius 2 is 2.41 bits per heavy atom. The van der Waals surface area contributed by atoms with Crippen LogP contribution in [0.4, 0.5) is 0 Å². The number of nitrogens with zero attached hydrogens (tertiary/aromatic N) is 1. The van der Waals surface area contributed by atoms with Gasteiger partial charge in [0.05, 0.1) is 0 Å². The number of rotatable bonds is 3. The molecule has 1 aromatic rings. The minimum absolute atomic E-state index is 0.316. The number of thiophene rings is 1. The summed E-state index contributed by atoms with van der Waals surface area (Å²) in [5.41, 5.74) is 0. The van der Waals surface area contributed by atoms with E-state index in [0.717, 1.165) is 23.9 Å². The van der Waals surface area contributed by atoms with Gasteiger partial charge in [-0.05, 0) is 47.1 Å². The van der Waals surface area contributed by atoms with Gasteiger partial charge in [-0.15, -0.1) is 11.3 Å². The van der Waals surface area contributed by atoms with Gasteiger partial charge >= 0.3 is 0 Å². The van der Waals surface area contributed by atoms with E-state index in [2.05, 4.69) is 41.2 Å². The minimum atomic E-state index is 0.316. The van der Waals surface area contributed by atoms with Crippen LogP contribution in [-0.2, 0) is 4.79 Å². The molecule has 94 valence electrons. The fourth-order valence-electron chi connectivity index (χ4n) is 2.36. The lowest BCUT2D eigenvalue weighted by molar-refractivity contribution is -0.136.